The second kappa shape index (κ2) is 3.49. The van der Waals surface area contributed by atoms with Crippen molar-refractivity contribution in [3.05, 3.63) is 0 Å². The fraction of sp³-hybridized carbons (Fsp3) is 0.667. The van der Waals surface area contributed by atoms with Gasteiger partial charge in [-0.25, -0.2) is 4.39 Å². The van der Waals surface area contributed by atoms with Crippen molar-refractivity contribution < 1.29 is 9.18 Å². The lowest BCUT2D eigenvalue weighted by Crippen LogP contribution is -2.15. The highest BCUT2D eigenvalue weighted by atomic mass is 35.5. The summed E-state index contributed by atoms with van der Waals surface area (Å²) in [6.07, 6.45) is 0. The zero-order valence-electron chi connectivity index (χ0n) is 3.57. The second-order valence-corrected chi connectivity index (χ2v) is 2.48. The SMILES string of the molecule is O=C(C(F)Cl)C(Cl)Cl. The Morgan fingerprint density at radius 1 is 1.38 bits per heavy atom. The van der Waals surface area contributed by atoms with Gasteiger partial charge in [-0.05, 0) is 0 Å². The summed E-state index contributed by atoms with van der Waals surface area (Å²) in [6.45, 7) is 0. The number of hydrogen-bond acceptors (Lipinski definition) is 1. The number of carbonyl (C=O) groups is 1. The Bertz CT molecular complexity index is 82.5. The van der Waals surface area contributed by atoms with Crippen LogP contribution in [0.2, 0.25) is 0 Å². The number of ketones is 1. The molecule has 0 N–H and O–H groups in total. The fourth-order valence-corrected chi connectivity index (χ4v) is 0.571. The lowest BCUT2D eigenvalue weighted by Gasteiger charge is -1.96. The predicted molar refractivity (Wildman–Crippen MR) is 31.2 cm³/mol. The van der Waals surface area contributed by atoms with Crippen molar-refractivity contribution >= 4 is 40.6 Å². The molecule has 0 saturated heterocycles. The third-order valence-electron chi connectivity index (χ3n) is 0.430. The molecule has 0 aliphatic heterocycles. The third-order valence-corrected chi connectivity index (χ3v) is 1.08. The monoisotopic (exact) mass is 178 g/mol. The van der Waals surface area contributed by atoms with Gasteiger partial charge in [0.15, 0.2) is 4.84 Å². The van der Waals surface area contributed by atoms with E-state index in [1.807, 2.05) is 0 Å². The van der Waals surface area contributed by atoms with Crippen LogP contribution in [0.4, 0.5) is 4.39 Å². The van der Waals surface area contributed by atoms with E-state index in [-0.39, 0.29) is 0 Å². The molecule has 0 radical (unpaired) electrons. The number of halogens is 4. The van der Waals surface area contributed by atoms with Crippen molar-refractivity contribution in [2.75, 3.05) is 0 Å². The van der Waals surface area contributed by atoms with Crippen LogP contribution in [0.1, 0.15) is 0 Å². The largest absolute Gasteiger partial charge is 0.292 e. The number of carbonyl (C=O) groups excluding carboxylic acids is 1. The molecule has 8 heavy (non-hydrogen) atoms. The molecule has 0 spiro atoms. The van der Waals surface area contributed by atoms with E-state index in [4.69, 9.17) is 23.2 Å². The second-order valence-electron chi connectivity index (χ2n) is 1.00. The highest BCUT2D eigenvalue weighted by Gasteiger charge is 2.20. The van der Waals surface area contributed by atoms with Gasteiger partial charge in [-0.1, -0.05) is 34.8 Å². The lowest BCUT2D eigenvalue weighted by atomic mass is 10.5. The summed E-state index contributed by atoms with van der Waals surface area (Å²) in [5.41, 5.74) is -2.09. The predicted octanol–water partition coefficient (Wildman–Crippen LogP) is 1.89. The quantitative estimate of drug-likeness (QED) is 0.592. The summed E-state index contributed by atoms with van der Waals surface area (Å²) in [5.74, 6) is -1.02. The van der Waals surface area contributed by atoms with Gasteiger partial charge in [0, 0.05) is 0 Å². The van der Waals surface area contributed by atoms with Gasteiger partial charge < -0.3 is 0 Å². The Morgan fingerprint density at radius 2 is 1.75 bits per heavy atom. The number of alkyl halides is 4. The van der Waals surface area contributed by atoms with Crippen LogP contribution in [0, 0.1) is 0 Å². The molecular weight excluding hydrogens is 177 g/mol. The Kier molecular flexibility index (Phi) is 3.69. The summed E-state index contributed by atoms with van der Waals surface area (Å²) < 4.78 is 11.6. The Labute approximate surface area is 60.7 Å². The zero-order valence-corrected chi connectivity index (χ0v) is 5.84. The minimum Gasteiger partial charge on any atom is -0.292 e. The summed E-state index contributed by atoms with van der Waals surface area (Å²) in [6, 6.07) is 0. The first-order chi connectivity index (χ1) is 3.55. The first-order valence-corrected chi connectivity index (χ1v) is 2.96. The summed E-state index contributed by atoms with van der Waals surface area (Å²) >= 11 is 14.5. The van der Waals surface area contributed by atoms with E-state index in [0.29, 0.717) is 0 Å². The fourth-order valence-electron chi connectivity index (χ4n) is 0.0952. The molecule has 0 amide bonds. The molecule has 0 aliphatic rings. The molecule has 1 nitrogen and oxygen atoms in total. The summed E-state index contributed by atoms with van der Waals surface area (Å²) in [7, 11) is 0. The van der Waals surface area contributed by atoms with Gasteiger partial charge in [-0.15, -0.1) is 0 Å². The minimum absolute atomic E-state index is 1.02. The van der Waals surface area contributed by atoms with Crippen LogP contribution in [0.25, 0.3) is 0 Å². The normalized spacial score (nSPS) is 14.1. The van der Waals surface area contributed by atoms with E-state index >= 15 is 0 Å². The smallest absolute Gasteiger partial charge is 0.234 e. The Morgan fingerprint density at radius 3 is 1.75 bits per heavy atom. The van der Waals surface area contributed by atoms with Gasteiger partial charge in [0.1, 0.15) is 0 Å². The van der Waals surface area contributed by atoms with Gasteiger partial charge in [0.25, 0.3) is 0 Å². The van der Waals surface area contributed by atoms with E-state index in [1.54, 1.807) is 0 Å². The molecule has 0 aromatic rings. The lowest BCUT2D eigenvalue weighted by molar-refractivity contribution is -0.119. The molecule has 5 heteroatoms. The van der Waals surface area contributed by atoms with Crippen LogP contribution < -0.4 is 0 Å². The molecular formula is C3H2Cl3FO. The van der Waals surface area contributed by atoms with Crippen molar-refractivity contribution in [2.24, 2.45) is 0 Å². The van der Waals surface area contributed by atoms with E-state index in [0.717, 1.165) is 0 Å². The molecule has 0 rings (SSSR count). The Hall–Kier alpha value is 0.470. The zero-order chi connectivity index (χ0) is 6.73. The van der Waals surface area contributed by atoms with Crippen molar-refractivity contribution in [3.8, 4) is 0 Å². The average Bonchev–Trinajstić information content (AvgIpc) is 1.64. The number of hydrogen-bond donors (Lipinski definition) is 0. The molecule has 1 atom stereocenters. The van der Waals surface area contributed by atoms with Crippen LogP contribution in [0.15, 0.2) is 0 Å². The van der Waals surface area contributed by atoms with Crippen LogP contribution in [0.5, 0.6) is 0 Å². The van der Waals surface area contributed by atoms with Crippen LogP contribution in [0.3, 0.4) is 0 Å². The molecule has 48 valence electrons. The maximum atomic E-state index is 11.6. The highest BCUT2D eigenvalue weighted by Crippen LogP contribution is 2.10. The molecule has 0 saturated carbocycles. The molecule has 0 heterocycles. The minimum atomic E-state index is -2.09. The van der Waals surface area contributed by atoms with E-state index in [2.05, 4.69) is 11.6 Å². The van der Waals surface area contributed by atoms with Crippen LogP contribution >= 0.6 is 34.8 Å². The van der Waals surface area contributed by atoms with Gasteiger partial charge in [0.05, 0.1) is 0 Å². The molecule has 0 fully saturated rings. The van der Waals surface area contributed by atoms with Crippen LogP contribution in [-0.2, 0) is 4.79 Å². The Balaban J connectivity index is 3.65. The van der Waals surface area contributed by atoms with Gasteiger partial charge in [-0.2, -0.15) is 0 Å². The first kappa shape index (κ1) is 8.47. The molecule has 0 aromatic carbocycles. The summed E-state index contributed by atoms with van der Waals surface area (Å²) in [5, 5.41) is 0. The molecule has 1 unspecified atom stereocenters. The van der Waals surface area contributed by atoms with Crippen molar-refractivity contribution in [3.63, 3.8) is 0 Å². The van der Waals surface area contributed by atoms with Gasteiger partial charge in [-0.3, -0.25) is 4.79 Å². The van der Waals surface area contributed by atoms with Crippen molar-refractivity contribution in [1.82, 2.24) is 0 Å². The van der Waals surface area contributed by atoms with E-state index in [1.165, 1.54) is 0 Å². The molecule has 0 aromatic heterocycles. The van der Waals surface area contributed by atoms with Gasteiger partial charge in [0.2, 0.25) is 11.4 Å². The standard InChI is InChI=1S/C3H2Cl3FO/c4-2(5)1(8)3(6)7/h2-3H. The van der Waals surface area contributed by atoms with E-state index < -0.39 is 16.3 Å². The highest BCUT2D eigenvalue weighted by molar-refractivity contribution is 6.56. The average molecular weight is 179 g/mol. The van der Waals surface area contributed by atoms with Crippen molar-refractivity contribution in [1.29, 1.82) is 0 Å². The van der Waals surface area contributed by atoms with Crippen LogP contribution in [-0.4, -0.2) is 16.3 Å². The number of rotatable bonds is 2. The first-order valence-electron chi connectivity index (χ1n) is 1.65. The molecule has 0 aliphatic carbocycles. The maximum absolute atomic E-state index is 11.6. The third kappa shape index (κ3) is 2.70. The topological polar surface area (TPSA) is 17.1 Å². The summed E-state index contributed by atoms with van der Waals surface area (Å²) in [4.78, 5) is 8.71. The van der Waals surface area contributed by atoms with E-state index in [9.17, 15) is 9.18 Å². The van der Waals surface area contributed by atoms with Crippen molar-refractivity contribution in [2.45, 2.75) is 10.5 Å². The number of Topliss-reactive ketones (excluding diaryl/α,β-unsaturated/α-hetero) is 1. The molecule has 0 bridgehead atoms. The van der Waals surface area contributed by atoms with Gasteiger partial charge >= 0.3 is 0 Å². The maximum Gasteiger partial charge on any atom is 0.234 e.